The summed E-state index contributed by atoms with van der Waals surface area (Å²) < 4.78 is 29.6. The van der Waals surface area contributed by atoms with Crippen molar-refractivity contribution >= 4 is 28.8 Å². The Hall–Kier alpha value is -3.16. The van der Waals surface area contributed by atoms with E-state index in [1.807, 2.05) is 37.5 Å². The Bertz CT molecular complexity index is 1470. The standard InChI is InChI=1S/C30H33ClFN3O3/c1-4-24-28-25(34-33-24)17-37-12-6-5-11-35-26(16-36)21(22-9-10-23(32)27(28)30(22)35)8-7-13-38-20-14-18(2)29(31)19(3)15-20/h9-10,14-16H,4-8,11-13,17H2,1-3H3,(H,33,34). The molecule has 0 fully saturated rings. The second kappa shape index (κ2) is 11.3. The summed E-state index contributed by atoms with van der Waals surface area (Å²) in [5.74, 6) is 0.455. The van der Waals surface area contributed by atoms with Gasteiger partial charge in [-0.3, -0.25) is 9.89 Å². The lowest BCUT2D eigenvalue weighted by Gasteiger charge is -2.12. The van der Waals surface area contributed by atoms with Gasteiger partial charge in [0.1, 0.15) is 11.6 Å². The number of aromatic nitrogens is 3. The zero-order chi connectivity index (χ0) is 26.8. The van der Waals surface area contributed by atoms with E-state index in [1.54, 1.807) is 6.07 Å². The largest absolute Gasteiger partial charge is 0.494 e. The van der Waals surface area contributed by atoms with Gasteiger partial charge in [0.2, 0.25) is 0 Å². The summed E-state index contributed by atoms with van der Waals surface area (Å²) in [6.07, 6.45) is 4.59. The van der Waals surface area contributed by atoms with Crippen LogP contribution in [0, 0.1) is 19.7 Å². The fraction of sp³-hybridized carbons (Fsp3) is 0.400. The Morgan fingerprint density at radius 2 is 2.00 bits per heavy atom. The van der Waals surface area contributed by atoms with Crippen LogP contribution in [-0.2, 0) is 30.7 Å². The third-order valence-corrected chi connectivity index (χ3v) is 7.96. The summed E-state index contributed by atoms with van der Waals surface area (Å²) in [5.41, 5.74) is 7.04. The minimum Gasteiger partial charge on any atom is -0.494 e. The van der Waals surface area contributed by atoms with Gasteiger partial charge in [-0.05, 0) is 86.9 Å². The first kappa shape index (κ1) is 26.4. The van der Waals surface area contributed by atoms with Crippen molar-refractivity contribution in [1.29, 1.82) is 0 Å². The highest BCUT2D eigenvalue weighted by atomic mass is 35.5. The number of carbonyl (C=O) groups excluding carboxylic acids is 1. The number of hydrogen-bond donors (Lipinski definition) is 1. The van der Waals surface area contributed by atoms with E-state index >= 15 is 4.39 Å². The number of benzene rings is 2. The van der Waals surface area contributed by atoms with Gasteiger partial charge in [0, 0.05) is 40.4 Å². The molecule has 3 heterocycles. The fourth-order valence-corrected chi connectivity index (χ4v) is 5.64. The van der Waals surface area contributed by atoms with Crippen molar-refractivity contribution in [3.8, 4) is 16.9 Å². The van der Waals surface area contributed by atoms with Crippen LogP contribution >= 0.6 is 11.6 Å². The first-order valence-electron chi connectivity index (χ1n) is 13.3. The third kappa shape index (κ3) is 4.85. The first-order valence-corrected chi connectivity index (χ1v) is 13.6. The first-order chi connectivity index (χ1) is 18.4. The molecule has 0 unspecified atom stereocenters. The number of ether oxygens (including phenoxy) is 2. The maximum Gasteiger partial charge on any atom is 0.166 e. The average molecular weight is 538 g/mol. The molecule has 38 heavy (non-hydrogen) atoms. The van der Waals surface area contributed by atoms with Gasteiger partial charge in [-0.15, -0.1) is 0 Å². The van der Waals surface area contributed by atoms with E-state index < -0.39 is 0 Å². The summed E-state index contributed by atoms with van der Waals surface area (Å²) in [6.45, 7) is 7.94. The van der Waals surface area contributed by atoms with Crippen LogP contribution in [0.15, 0.2) is 24.3 Å². The van der Waals surface area contributed by atoms with Crippen molar-refractivity contribution in [1.82, 2.24) is 14.8 Å². The predicted molar refractivity (Wildman–Crippen MR) is 148 cm³/mol. The molecule has 6 nitrogen and oxygen atoms in total. The van der Waals surface area contributed by atoms with Gasteiger partial charge in [0.05, 0.1) is 30.1 Å². The molecule has 0 saturated carbocycles. The molecule has 8 heteroatoms. The van der Waals surface area contributed by atoms with Crippen LogP contribution < -0.4 is 4.74 Å². The van der Waals surface area contributed by atoms with Crippen molar-refractivity contribution < 1.29 is 18.7 Å². The number of fused-ring (bicyclic) bond motifs is 2. The topological polar surface area (TPSA) is 69.1 Å². The molecule has 2 aromatic carbocycles. The van der Waals surface area contributed by atoms with Crippen molar-refractivity contribution in [3.63, 3.8) is 0 Å². The van der Waals surface area contributed by atoms with Crippen LogP contribution in [0.1, 0.15) is 64.8 Å². The molecule has 0 amide bonds. The van der Waals surface area contributed by atoms with E-state index in [4.69, 9.17) is 21.1 Å². The highest BCUT2D eigenvalue weighted by Gasteiger charge is 2.26. The molecule has 200 valence electrons. The van der Waals surface area contributed by atoms with Crippen molar-refractivity contribution in [2.45, 2.75) is 66.0 Å². The van der Waals surface area contributed by atoms with Gasteiger partial charge in [-0.2, -0.15) is 5.10 Å². The van der Waals surface area contributed by atoms with Gasteiger partial charge in [0.15, 0.2) is 6.29 Å². The van der Waals surface area contributed by atoms with Crippen LogP contribution in [0.3, 0.4) is 0 Å². The lowest BCUT2D eigenvalue weighted by Crippen LogP contribution is -2.06. The van der Waals surface area contributed by atoms with Crippen LogP contribution in [-0.4, -0.2) is 34.3 Å². The highest BCUT2D eigenvalue weighted by molar-refractivity contribution is 6.32. The summed E-state index contributed by atoms with van der Waals surface area (Å²) >= 11 is 6.29. The predicted octanol–water partition coefficient (Wildman–Crippen LogP) is 7.14. The Balaban J connectivity index is 1.55. The van der Waals surface area contributed by atoms with E-state index in [9.17, 15) is 4.79 Å². The number of hydrogen-bond acceptors (Lipinski definition) is 4. The highest BCUT2D eigenvalue weighted by Crippen LogP contribution is 2.40. The number of nitrogens with one attached hydrogen (secondary N) is 1. The molecular weight excluding hydrogens is 505 g/mol. The molecular formula is C30H33ClFN3O3. The Morgan fingerprint density at radius 1 is 1.21 bits per heavy atom. The molecule has 0 saturated heterocycles. The van der Waals surface area contributed by atoms with Crippen LogP contribution in [0.2, 0.25) is 5.02 Å². The fourth-order valence-electron chi connectivity index (χ4n) is 5.53. The summed E-state index contributed by atoms with van der Waals surface area (Å²) in [7, 11) is 0. The van der Waals surface area contributed by atoms with Crippen molar-refractivity contribution in [3.05, 3.63) is 68.9 Å². The van der Waals surface area contributed by atoms with Crippen molar-refractivity contribution in [2.24, 2.45) is 0 Å². The maximum absolute atomic E-state index is 15.7. The Labute approximate surface area is 227 Å². The SMILES string of the molecule is CCc1[nH]nc2c1-c1c(F)ccc3c(CCCOc4cc(C)c(Cl)c(C)c4)c(C=O)n(c13)CCCCOC2. The second-order valence-electron chi connectivity index (χ2n) is 9.91. The molecule has 0 aliphatic carbocycles. The zero-order valence-corrected chi connectivity index (χ0v) is 22.9. The molecule has 1 aliphatic heterocycles. The summed E-state index contributed by atoms with van der Waals surface area (Å²) in [5, 5.41) is 9.20. The number of aromatic amines is 1. The number of rotatable bonds is 7. The van der Waals surface area contributed by atoms with Gasteiger partial charge < -0.3 is 14.0 Å². The quantitative estimate of drug-likeness (QED) is 0.201. The minimum atomic E-state index is -0.325. The zero-order valence-electron chi connectivity index (χ0n) is 22.1. The number of aryl methyl sites for hydroxylation is 5. The third-order valence-electron chi connectivity index (χ3n) is 7.36. The van der Waals surface area contributed by atoms with Crippen molar-refractivity contribution in [2.75, 3.05) is 13.2 Å². The summed E-state index contributed by atoms with van der Waals surface area (Å²) in [6, 6.07) is 7.19. The Morgan fingerprint density at radius 3 is 2.74 bits per heavy atom. The van der Waals surface area contributed by atoms with E-state index in [2.05, 4.69) is 10.2 Å². The molecule has 0 spiro atoms. The Kier molecular flexibility index (Phi) is 7.86. The molecule has 5 rings (SSSR count). The number of halogens is 2. The van der Waals surface area contributed by atoms with Crippen LogP contribution in [0.25, 0.3) is 22.0 Å². The average Bonchev–Trinajstić information content (AvgIpc) is 3.44. The molecule has 2 aromatic heterocycles. The molecule has 4 aromatic rings. The number of H-pyrrole nitrogens is 1. The molecule has 0 bridgehead atoms. The smallest absolute Gasteiger partial charge is 0.166 e. The molecule has 0 atom stereocenters. The maximum atomic E-state index is 15.7. The van der Waals surface area contributed by atoms with E-state index in [-0.39, 0.29) is 5.82 Å². The van der Waals surface area contributed by atoms with Gasteiger partial charge >= 0.3 is 0 Å². The molecule has 1 aliphatic rings. The van der Waals surface area contributed by atoms with Gasteiger partial charge in [0.25, 0.3) is 0 Å². The second-order valence-corrected chi connectivity index (χ2v) is 10.3. The van der Waals surface area contributed by atoms with Crippen LogP contribution in [0.5, 0.6) is 5.75 Å². The molecule has 1 N–H and O–H groups in total. The summed E-state index contributed by atoms with van der Waals surface area (Å²) in [4.78, 5) is 12.5. The van der Waals surface area contributed by atoms with Gasteiger partial charge in [-0.1, -0.05) is 18.5 Å². The normalized spacial score (nSPS) is 13.8. The molecule has 0 radical (unpaired) electrons. The lowest BCUT2D eigenvalue weighted by molar-refractivity contribution is 0.111. The number of aldehydes is 1. The van der Waals surface area contributed by atoms with Crippen LogP contribution in [0.4, 0.5) is 4.39 Å². The number of nitrogens with zero attached hydrogens (tertiary/aromatic N) is 2. The minimum absolute atomic E-state index is 0.316. The number of carbonyl (C=O) groups is 1. The van der Waals surface area contributed by atoms with E-state index in [0.717, 1.165) is 68.8 Å². The lowest BCUT2D eigenvalue weighted by atomic mass is 9.97. The van der Waals surface area contributed by atoms with E-state index in [1.165, 1.54) is 6.07 Å². The van der Waals surface area contributed by atoms with E-state index in [0.29, 0.717) is 62.6 Å². The monoisotopic (exact) mass is 537 g/mol. The van der Waals surface area contributed by atoms with Gasteiger partial charge in [-0.25, -0.2) is 4.39 Å².